The zero-order valence-electron chi connectivity index (χ0n) is 10.1. The Labute approximate surface area is 107 Å². The molecule has 0 aliphatic carbocycles. The minimum Gasteiger partial charge on any atom is -0.424 e. The first kappa shape index (κ1) is 12.8. The van der Waals surface area contributed by atoms with Crippen LogP contribution in [-0.2, 0) is 4.79 Å². The fourth-order valence-corrected chi connectivity index (χ4v) is 1.68. The van der Waals surface area contributed by atoms with Crippen LogP contribution in [0.5, 0.6) is 5.75 Å². The number of nitrogens with two attached hydrogens (primary N) is 1. The minimum absolute atomic E-state index is 0.0571. The third-order valence-electron chi connectivity index (χ3n) is 2.58. The standard InChI is InChI=1S/C11H11N3O5/c1-6(15)19-10-5-8(14(17)18)7(11(12)16)4-9(10)13-2-3-13/h4-5H,2-3H2,1H3,(H2,12,16). The quantitative estimate of drug-likeness (QED) is 0.277. The van der Waals surface area contributed by atoms with E-state index < -0.39 is 22.5 Å². The number of amides is 1. The Balaban J connectivity index is 2.58. The zero-order chi connectivity index (χ0) is 14.2. The van der Waals surface area contributed by atoms with E-state index in [1.165, 1.54) is 13.0 Å². The van der Waals surface area contributed by atoms with Crippen LogP contribution >= 0.6 is 0 Å². The van der Waals surface area contributed by atoms with Crippen molar-refractivity contribution in [1.29, 1.82) is 0 Å². The molecule has 1 fully saturated rings. The maximum Gasteiger partial charge on any atom is 0.308 e. The second-order valence-electron chi connectivity index (χ2n) is 4.04. The van der Waals surface area contributed by atoms with E-state index in [2.05, 4.69) is 0 Å². The monoisotopic (exact) mass is 265 g/mol. The molecule has 1 aromatic rings. The summed E-state index contributed by atoms with van der Waals surface area (Å²) >= 11 is 0. The number of anilines is 1. The minimum atomic E-state index is -0.899. The third-order valence-corrected chi connectivity index (χ3v) is 2.58. The van der Waals surface area contributed by atoms with Gasteiger partial charge in [-0.15, -0.1) is 0 Å². The maximum absolute atomic E-state index is 11.2. The summed E-state index contributed by atoms with van der Waals surface area (Å²) in [5.74, 6) is -1.44. The van der Waals surface area contributed by atoms with Gasteiger partial charge in [-0.1, -0.05) is 0 Å². The lowest BCUT2D eigenvalue weighted by Crippen LogP contribution is -2.15. The van der Waals surface area contributed by atoms with Gasteiger partial charge in [-0.3, -0.25) is 19.7 Å². The van der Waals surface area contributed by atoms with Gasteiger partial charge in [0.05, 0.1) is 16.7 Å². The van der Waals surface area contributed by atoms with Crippen molar-refractivity contribution in [3.63, 3.8) is 0 Å². The Hall–Kier alpha value is -2.64. The van der Waals surface area contributed by atoms with E-state index in [0.29, 0.717) is 5.69 Å². The molecule has 0 unspecified atom stereocenters. The molecule has 1 aromatic carbocycles. The number of carbonyl (C=O) groups excluding carboxylic acids is 2. The van der Waals surface area contributed by atoms with Crippen LogP contribution in [0.2, 0.25) is 0 Å². The first-order chi connectivity index (χ1) is 8.90. The predicted molar refractivity (Wildman–Crippen MR) is 65.1 cm³/mol. The normalized spacial score (nSPS) is 13.0. The fourth-order valence-electron chi connectivity index (χ4n) is 1.68. The molecule has 1 saturated heterocycles. The van der Waals surface area contributed by atoms with Gasteiger partial charge in [-0.25, -0.2) is 0 Å². The topological polar surface area (TPSA) is 116 Å². The number of esters is 1. The van der Waals surface area contributed by atoms with Gasteiger partial charge in [0.1, 0.15) is 5.56 Å². The first-order valence-electron chi connectivity index (χ1n) is 5.45. The van der Waals surface area contributed by atoms with Gasteiger partial charge in [-0.05, 0) is 6.07 Å². The molecule has 2 rings (SSSR count). The molecular weight excluding hydrogens is 254 g/mol. The second-order valence-corrected chi connectivity index (χ2v) is 4.04. The summed E-state index contributed by atoms with van der Waals surface area (Å²) in [6.45, 7) is 2.65. The van der Waals surface area contributed by atoms with Gasteiger partial charge in [-0.2, -0.15) is 0 Å². The highest BCUT2D eigenvalue weighted by atomic mass is 16.6. The van der Waals surface area contributed by atoms with Crippen LogP contribution in [-0.4, -0.2) is 29.9 Å². The summed E-state index contributed by atoms with van der Waals surface area (Å²) in [6.07, 6.45) is 0. The number of benzene rings is 1. The predicted octanol–water partition coefficient (Wildman–Crippen LogP) is 0.439. The number of ether oxygens (including phenoxy) is 1. The summed E-state index contributed by atoms with van der Waals surface area (Å²) in [5, 5.41) is 10.9. The van der Waals surface area contributed by atoms with Crippen molar-refractivity contribution < 1.29 is 19.2 Å². The fraction of sp³-hybridized carbons (Fsp3) is 0.273. The molecule has 1 aliphatic rings. The Morgan fingerprint density at radius 3 is 2.47 bits per heavy atom. The largest absolute Gasteiger partial charge is 0.424 e. The molecule has 0 atom stereocenters. The number of rotatable bonds is 4. The van der Waals surface area contributed by atoms with Gasteiger partial charge < -0.3 is 15.4 Å². The Morgan fingerprint density at radius 1 is 1.42 bits per heavy atom. The smallest absolute Gasteiger partial charge is 0.308 e. The molecule has 0 spiro atoms. The van der Waals surface area contributed by atoms with E-state index in [-0.39, 0.29) is 11.3 Å². The molecule has 1 heterocycles. The van der Waals surface area contributed by atoms with E-state index >= 15 is 0 Å². The average molecular weight is 265 g/mol. The van der Waals surface area contributed by atoms with Gasteiger partial charge in [0, 0.05) is 20.0 Å². The molecule has 100 valence electrons. The molecule has 8 nitrogen and oxygen atoms in total. The van der Waals surface area contributed by atoms with E-state index in [1.54, 1.807) is 4.90 Å². The van der Waals surface area contributed by atoms with Gasteiger partial charge in [0.2, 0.25) is 0 Å². The number of carbonyl (C=O) groups is 2. The highest BCUT2D eigenvalue weighted by Crippen LogP contribution is 2.38. The van der Waals surface area contributed by atoms with E-state index in [0.717, 1.165) is 19.2 Å². The van der Waals surface area contributed by atoms with Crippen molar-refractivity contribution in [2.45, 2.75) is 6.92 Å². The van der Waals surface area contributed by atoms with Crippen LogP contribution in [0, 0.1) is 10.1 Å². The van der Waals surface area contributed by atoms with Gasteiger partial charge in [0.15, 0.2) is 5.75 Å². The number of hydrogen-bond acceptors (Lipinski definition) is 6. The lowest BCUT2D eigenvalue weighted by atomic mass is 10.1. The van der Waals surface area contributed by atoms with Crippen LogP contribution < -0.4 is 15.4 Å². The highest BCUT2D eigenvalue weighted by molar-refractivity contribution is 5.99. The molecule has 0 radical (unpaired) electrons. The van der Waals surface area contributed by atoms with Crippen molar-refractivity contribution >= 4 is 23.3 Å². The van der Waals surface area contributed by atoms with Gasteiger partial charge in [0.25, 0.3) is 11.6 Å². The molecule has 1 aliphatic heterocycles. The average Bonchev–Trinajstić information content (AvgIpc) is 3.11. The van der Waals surface area contributed by atoms with Crippen molar-refractivity contribution in [2.75, 3.05) is 18.0 Å². The lowest BCUT2D eigenvalue weighted by Gasteiger charge is -2.11. The van der Waals surface area contributed by atoms with Gasteiger partial charge >= 0.3 is 5.97 Å². The van der Waals surface area contributed by atoms with E-state index in [4.69, 9.17) is 10.5 Å². The molecule has 0 saturated carbocycles. The zero-order valence-corrected chi connectivity index (χ0v) is 10.1. The number of nitro groups is 1. The van der Waals surface area contributed by atoms with Crippen molar-refractivity contribution in [1.82, 2.24) is 0 Å². The molecular formula is C11H11N3O5. The highest BCUT2D eigenvalue weighted by Gasteiger charge is 2.29. The van der Waals surface area contributed by atoms with E-state index in [9.17, 15) is 19.7 Å². The second kappa shape index (κ2) is 4.56. The Kier molecular flexibility index (Phi) is 3.07. The first-order valence-corrected chi connectivity index (χ1v) is 5.45. The van der Waals surface area contributed by atoms with Crippen molar-refractivity contribution in [2.24, 2.45) is 5.73 Å². The number of nitro benzene ring substituents is 1. The summed E-state index contributed by atoms with van der Waals surface area (Å²) in [6, 6.07) is 2.33. The Morgan fingerprint density at radius 2 is 2.05 bits per heavy atom. The number of primary amides is 1. The third kappa shape index (κ3) is 2.62. The summed E-state index contributed by atoms with van der Waals surface area (Å²) in [7, 11) is 0. The van der Waals surface area contributed by atoms with Crippen molar-refractivity contribution in [3.05, 3.63) is 27.8 Å². The summed E-state index contributed by atoms with van der Waals surface area (Å²) in [5.41, 5.74) is 4.89. The summed E-state index contributed by atoms with van der Waals surface area (Å²) in [4.78, 5) is 34.2. The Bertz CT molecular complexity index is 580. The number of hydrogen-bond donors (Lipinski definition) is 1. The van der Waals surface area contributed by atoms with Crippen molar-refractivity contribution in [3.8, 4) is 5.75 Å². The van der Waals surface area contributed by atoms with Crippen LogP contribution in [0.3, 0.4) is 0 Å². The lowest BCUT2D eigenvalue weighted by molar-refractivity contribution is -0.385. The van der Waals surface area contributed by atoms with Crippen LogP contribution in [0.25, 0.3) is 0 Å². The molecule has 2 N–H and O–H groups in total. The molecule has 19 heavy (non-hydrogen) atoms. The number of nitrogens with zero attached hydrogens (tertiary/aromatic N) is 2. The molecule has 1 amide bonds. The van der Waals surface area contributed by atoms with Crippen LogP contribution in [0.4, 0.5) is 11.4 Å². The molecule has 0 aromatic heterocycles. The van der Waals surface area contributed by atoms with Crippen LogP contribution in [0.15, 0.2) is 12.1 Å². The summed E-state index contributed by atoms with van der Waals surface area (Å²) < 4.78 is 4.94. The van der Waals surface area contributed by atoms with Crippen LogP contribution in [0.1, 0.15) is 17.3 Å². The molecule has 0 bridgehead atoms. The maximum atomic E-state index is 11.2. The SMILES string of the molecule is CC(=O)Oc1cc([N+](=O)[O-])c(C(N)=O)cc1N1CC1. The van der Waals surface area contributed by atoms with E-state index in [1.807, 2.05) is 0 Å². The molecule has 8 heteroatoms.